The van der Waals surface area contributed by atoms with Crippen LogP contribution in [0.4, 0.5) is 5.69 Å². The number of amidine groups is 1. The molecule has 0 aliphatic carbocycles. The highest BCUT2D eigenvalue weighted by molar-refractivity contribution is 8.16. The van der Waals surface area contributed by atoms with Crippen LogP contribution in [0, 0.1) is 13.8 Å². The van der Waals surface area contributed by atoms with E-state index >= 15 is 0 Å². The maximum Gasteiger partial charge on any atom is 0.340 e. The molecule has 148 valence electrons. The molecule has 0 unspecified atom stereocenters. The van der Waals surface area contributed by atoms with E-state index in [4.69, 9.17) is 9.47 Å². The Bertz CT molecular complexity index is 916. The summed E-state index contributed by atoms with van der Waals surface area (Å²) in [4.78, 5) is 20.0. The van der Waals surface area contributed by atoms with Gasteiger partial charge in [0.2, 0.25) is 0 Å². The molecule has 1 aliphatic rings. The quantitative estimate of drug-likeness (QED) is 0.635. The maximum atomic E-state index is 12.2. The Balaban J connectivity index is 1.75. The summed E-state index contributed by atoms with van der Waals surface area (Å²) in [5.41, 5.74) is 11.0. The number of hydrazine groups is 1. The number of esters is 1. The fraction of sp³-hybridized carbons (Fsp3) is 0.300. The van der Waals surface area contributed by atoms with E-state index in [1.807, 2.05) is 50.4 Å². The van der Waals surface area contributed by atoms with E-state index < -0.39 is 0 Å². The smallest absolute Gasteiger partial charge is 0.340 e. The van der Waals surface area contributed by atoms with Gasteiger partial charge in [-0.25, -0.2) is 9.79 Å². The number of carbonyl (C=O) groups excluding carboxylic acids is 1. The largest absolute Gasteiger partial charge is 0.494 e. The van der Waals surface area contributed by atoms with E-state index in [2.05, 4.69) is 20.8 Å². The van der Waals surface area contributed by atoms with Gasteiger partial charge in [-0.15, -0.1) is 0 Å². The molecule has 2 heterocycles. The Kier molecular flexibility index (Phi) is 6.30. The molecule has 0 spiro atoms. The molecule has 0 fully saturated rings. The van der Waals surface area contributed by atoms with Gasteiger partial charge in [0.05, 0.1) is 35.9 Å². The number of H-pyrrole nitrogens is 1. The molecule has 3 rings (SSSR count). The van der Waals surface area contributed by atoms with Crippen LogP contribution in [0.25, 0.3) is 5.70 Å². The molecule has 0 amide bonds. The Morgan fingerprint density at radius 3 is 2.46 bits per heavy atom. The van der Waals surface area contributed by atoms with Gasteiger partial charge in [-0.3, -0.25) is 10.9 Å². The number of nitrogens with one attached hydrogen (secondary N) is 3. The summed E-state index contributed by atoms with van der Waals surface area (Å²) < 4.78 is 10.6. The van der Waals surface area contributed by atoms with E-state index in [0.717, 1.165) is 39.3 Å². The number of carbonyl (C=O) groups is 1. The predicted octanol–water partition coefficient (Wildman–Crippen LogP) is 4.03. The lowest BCUT2D eigenvalue weighted by Crippen LogP contribution is -2.37. The lowest BCUT2D eigenvalue weighted by atomic mass is 10.1. The molecule has 0 bridgehead atoms. The number of aromatic nitrogens is 1. The molecule has 2 aromatic rings. The summed E-state index contributed by atoms with van der Waals surface area (Å²) in [6.07, 6.45) is 0. The number of nitrogens with zero attached hydrogens (tertiary/aromatic N) is 1. The first kappa shape index (κ1) is 19.9. The molecule has 7 nitrogen and oxygen atoms in total. The van der Waals surface area contributed by atoms with Crippen molar-refractivity contribution in [2.24, 2.45) is 4.99 Å². The molecule has 1 aromatic carbocycles. The number of hydrogen-bond donors (Lipinski definition) is 3. The van der Waals surface area contributed by atoms with Crippen LogP contribution in [0.1, 0.15) is 41.2 Å². The van der Waals surface area contributed by atoms with Gasteiger partial charge in [-0.1, -0.05) is 11.8 Å². The second-order valence-corrected chi connectivity index (χ2v) is 6.95. The summed E-state index contributed by atoms with van der Waals surface area (Å²) in [6, 6.07) is 7.60. The SMILES string of the molecule is CCOC(=O)c1c(C)[nH]c(C2=CSC(=Nc3ccc(OCC)cc3)NN2)c1C. The molecular formula is C20H24N4O3S. The van der Waals surface area contributed by atoms with Crippen molar-refractivity contribution in [2.75, 3.05) is 13.2 Å². The normalized spacial score (nSPS) is 14.9. The maximum absolute atomic E-state index is 12.2. The van der Waals surface area contributed by atoms with Gasteiger partial charge in [0.1, 0.15) is 5.75 Å². The second kappa shape index (κ2) is 8.88. The number of aromatic amines is 1. The van der Waals surface area contributed by atoms with E-state index in [1.165, 1.54) is 11.8 Å². The highest BCUT2D eigenvalue weighted by Gasteiger charge is 2.22. The number of thioether (sulfide) groups is 1. The van der Waals surface area contributed by atoms with E-state index in [0.29, 0.717) is 18.8 Å². The lowest BCUT2D eigenvalue weighted by molar-refractivity contribution is 0.0525. The number of hydrogen-bond acceptors (Lipinski definition) is 6. The molecule has 0 radical (unpaired) electrons. The Labute approximate surface area is 168 Å². The monoisotopic (exact) mass is 400 g/mol. The van der Waals surface area contributed by atoms with Gasteiger partial charge in [-0.05, 0) is 57.5 Å². The molecule has 28 heavy (non-hydrogen) atoms. The van der Waals surface area contributed by atoms with Crippen LogP contribution in [-0.2, 0) is 4.74 Å². The van der Waals surface area contributed by atoms with Gasteiger partial charge < -0.3 is 14.5 Å². The van der Waals surface area contributed by atoms with Crippen LogP contribution in [0.15, 0.2) is 34.7 Å². The zero-order valence-corrected chi connectivity index (χ0v) is 17.2. The van der Waals surface area contributed by atoms with Gasteiger partial charge in [-0.2, -0.15) is 0 Å². The van der Waals surface area contributed by atoms with E-state index in [1.54, 1.807) is 6.92 Å². The number of aryl methyl sites for hydroxylation is 1. The van der Waals surface area contributed by atoms with Crippen LogP contribution in [-0.4, -0.2) is 29.3 Å². The van der Waals surface area contributed by atoms with Crippen LogP contribution >= 0.6 is 11.8 Å². The van der Waals surface area contributed by atoms with Crippen molar-refractivity contribution in [1.82, 2.24) is 15.8 Å². The van der Waals surface area contributed by atoms with Crippen molar-refractivity contribution in [3.63, 3.8) is 0 Å². The third-order valence-corrected chi connectivity index (χ3v) is 4.93. The molecular weight excluding hydrogens is 376 g/mol. The number of benzene rings is 1. The predicted molar refractivity (Wildman–Crippen MR) is 113 cm³/mol. The number of ether oxygens (including phenoxy) is 2. The van der Waals surface area contributed by atoms with Crippen LogP contribution in [0.3, 0.4) is 0 Å². The van der Waals surface area contributed by atoms with Crippen molar-refractivity contribution in [1.29, 1.82) is 0 Å². The minimum atomic E-state index is -0.310. The molecule has 8 heteroatoms. The van der Waals surface area contributed by atoms with Crippen molar-refractivity contribution >= 4 is 34.3 Å². The van der Waals surface area contributed by atoms with Gasteiger partial charge in [0.15, 0.2) is 5.17 Å². The fourth-order valence-corrected chi connectivity index (χ4v) is 3.57. The van der Waals surface area contributed by atoms with Crippen molar-refractivity contribution in [3.05, 3.63) is 52.2 Å². The Morgan fingerprint density at radius 1 is 1.11 bits per heavy atom. The second-order valence-electron chi connectivity index (χ2n) is 6.09. The summed E-state index contributed by atoms with van der Waals surface area (Å²) >= 11 is 1.46. The van der Waals surface area contributed by atoms with Crippen molar-refractivity contribution in [2.45, 2.75) is 27.7 Å². The molecule has 3 N–H and O–H groups in total. The first-order valence-electron chi connectivity index (χ1n) is 9.10. The van der Waals surface area contributed by atoms with Gasteiger partial charge in [0, 0.05) is 11.1 Å². The van der Waals surface area contributed by atoms with Crippen molar-refractivity contribution < 1.29 is 14.3 Å². The highest BCUT2D eigenvalue weighted by atomic mass is 32.2. The zero-order chi connectivity index (χ0) is 20.1. The Hall–Kier alpha value is -2.87. The topological polar surface area (TPSA) is 87.7 Å². The van der Waals surface area contributed by atoms with Gasteiger partial charge >= 0.3 is 5.97 Å². The summed E-state index contributed by atoms with van der Waals surface area (Å²) in [5.74, 6) is 0.515. The first-order valence-corrected chi connectivity index (χ1v) is 9.98. The van der Waals surface area contributed by atoms with E-state index in [9.17, 15) is 4.79 Å². The third kappa shape index (κ3) is 4.33. The van der Waals surface area contributed by atoms with Crippen LogP contribution < -0.4 is 15.6 Å². The minimum Gasteiger partial charge on any atom is -0.494 e. The average molecular weight is 401 g/mol. The van der Waals surface area contributed by atoms with E-state index in [-0.39, 0.29) is 5.97 Å². The molecule has 0 atom stereocenters. The van der Waals surface area contributed by atoms with Crippen molar-refractivity contribution in [3.8, 4) is 5.75 Å². The summed E-state index contributed by atoms with van der Waals surface area (Å²) in [7, 11) is 0. The zero-order valence-electron chi connectivity index (χ0n) is 16.4. The first-order chi connectivity index (χ1) is 13.5. The van der Waals surface area contributed by atoms with Crippen LogP contribution in [0.5, 0.6) is 5.75 Å². The summed E-state index contributed by atoms with van der Waals surface area (Å²) in [5, 5.41) is 2.68. The number of rotatable bonds is 6. The fourth-order valence-electron chi connectivity index (χ4n) is 2.90. The highest BCUT2D eigenvalue weighted by Crippen LogP contribution is 2.27. The Morgan fingerprint density at radius 2 is 1.86 bits per heavy atom. The minimum absolute atomic E-state index is 0.310. The summed E-state index contributed by atoms with van der Waals surface area (Å²) in [6.45, 7) is 8.51. The average Bonchev–Trinajstić information content (AvgIpc) is 2.98. The van der Waals surface area contributed by atoms with Gasteiger partial charge in [0.25, 0.3) is 0 Å². The standard InChI is InChI=1S/C20H24N4O3S/c1-5-26-15-9-7-14(8-10-15)22-20-24-23-16(11-28-20)18-12(3)17(13(4)21-18)19(25)27-6-2/h7-11,21,23H,5-6H2,1-4H3,(H,22,24). The molecule has 1 aliphatic heterocycles. The molecule has 0 saturated carbocycles. The van der Waals surface area contributed by atoms with Crippen LogP contribution in [0.2, 0.25) is 0 Å². The molecule has 1 aromatic heterocycles. The third-order valence-electron chi connectivity index (χ3n) is 4.16. The molecule has 0 saturated heterocycles. The number of aliphatic imine (C=N–C) groups is 1. The lowest BCUT2D eigenvalue weighted by Gasteiger charge is -2.18.